The maximum Gasteiger partial charge on any atom is 0.193 e. The topological polar surface area (TPSA) is 43.8 Å². The van der Waals surface area contributed by atoms with E-state index in [1.54, 1.807) is 11.8 Å². The standard InChI is InChI=1S/C19H18N4S/c1-13-12-23(2)19(24-13)22-21-18-15-10-6-7-11-16(15)20-17(18)14-8-4-3-5-9-14/h3-12,19-20H,1-2H3. The fourth-order valence-corrected chi connectivity index (χ4v) is 3.77. The summed E-state index contributed by atoms with van der Waals surface area (Å²) in [6.07, 6.45) is 2.10. The number of H-pyrrole nitrogens is 1. The molecule has 3 aromatic rings. The fraction of sp³-hybridized carbons (Fsp3) is 0.158. The first kappa shape index (κ1) is 15.0. The molecule has 1 aromatic heterocycles. The van der Waals surface area contributed by atoms with Gasteiger partial charge in [0, 0.05) is 34.6 Å². The molecule has 0 amide bonds. The summed E-state index contributed by atoms with van der Waals surface area (Å²) in [5.74, 6) is 0. The Morgan fingerprint density at radius 3 is 2.54 bits per heavy atom. The Bertz CT molecular complexity index is 927. The molecule has 0 fully saturated rings. The quantitative estimate of drug-likeness (QED) is 0.620. The van der Waals surface area contributed by atoms with Gasteiger partial charge >= 0.3 is 0 Å². The molecule has 1 aliphatic rings. The number of hydrogen-bond acceptors (Lipinski definition) is 4. The summed E-state index contributed by atoms with van der Waals surface area (Å²) in [6, 6.07) is 18.5. The zero-order valence-electron chi connectivity index (χ0n) is 13.6. The number of nitrogens with zero attached hydrogens (tertiary/aromatic N) is 3. The first-order chi connectivity index (χ1) is 11.7. The minimum Gasteiger partial charge on any atom is -0.353 e. The average molecular weight is 334 g/mol. The number of thioether (sulfide) groups is 1. The summed E-state index contributed by atoms with van der Waals surface area (Å²) in [7, 11) is 2.03. The van der Waals surface area contributed by atoms with Gasteiger partial charge in [0.2, 0.25) is 0 Å². The lowest BCUT2D eigenvalue weighted by Crippen LogP contribution is -2.16. The third-order valence-electron chi connectivity index (χ3n) is 4.02. The van der Waals surface area contributed by atoms with E-state index < -0.39 is 0 Å². The first-order valence-electron chi connectivity index (χ1n) is 7.86. The van der Waals surface area contributed by atoms with E-state index in [0.717, 1.165) is 27.8 Å². The van der Waals surface area contributed by atoms with Crippen molar-refractivity contribution in [3.8, 4) is 11.3 Å². The van der Waals surface area contributed by atoms with Crippen molar-refractivity contribution in [2.75, 3.05) is 7.05 Å². The van der Waals surface area contributed by atoms with Crippen molar-refractivity contribution in [3.05, 3.63) is 65.7 Å². The van der Waals surface area contributed by atoms with Crippen molar-refractivity contribution in [1.29, 1.82) is 0 Å². The van der Waals surface area contributed by atoms with Gasteiger partial charge in [-0.3, -0.25) is 0 Å². The van der Waals surface area contributed by atoms with Crippen LogP contribution in [0.1, 0.15) is 6.92 Å². The van der Waals surface area contributed by atoms with Crippen LogP contribution in [0, 0.1) is 0 Å². The van der Waals surface area contributed by atoms with Crippen LogP contribution in [0.15, 0.2) is 75.9 Å². The van der Waals surface area contributed by atoms with Gasteiger partial charge in [0.05, 0.1) is 5.69 Å². The molecular formula is C19H18N4S. The molecule has 5 heteroatoms. The molecule has 0 saturated carbocycles. The number of nitrogens with one attached hydrogen (secondary N) is 1. The minimum absolute atomic E-state index is 0.00212. The zero-order valence-corrected chi connectivity index (χ0v) is 14.4. The van der Waals surface area contributed by atoms with Gasteiger partial charge in [-0.2, -0.15) is 10.2 Å². The third kappa shape index (κ3) is 2.71. The molecule has 1 atom stereocenters. The SMILES string of the molecule is CC1=CN(C)C(N=Nc2c(-c3ccccc3)[nH]c3ccccc23)S1. The molecule has 0 bridgehead atoms. The average Bonchev–Trinajstić information content (AvgIpc) is 3.13. The van der Waals surface area contributed by atoms with E-state index >= 15 is 0 Å². The van der Waals surface area contributed by atoms with Crippen LogP contribution in [0.4, 0.5) is 5.69 Å². The Morgan fingerprint density at radius 2 is 1.79 bits per heavy atom. The van der Waals surface area contributed by atoms with Gasteiger partial charge in [0.15, 0.2) is 5.50 Å². The number of allylic oxidation sites excluding steroid dienone is 1. The number of benzene rings is 2. The van der Waals surface area contributed by atoms with Crippen LogP contribution in [0.5, 0.6) is 0 Å². The van der Waals surface area contributed by atoms with Crippen LogP contribution in [0.3, 0.4) is 0 Å². The first-order valence-corrected chi connectivity index (χ1v) is 8.74. The number of aromatic amines is 1. The van der Waals surface area contributed by atoms with Gasteiger partial charge in [-0.05, 0) is 13.0 Å². The number of aromatic nitrogens is 1. The van der Waals surface area contributed by atoms with Crippen LogP contribution in [0.25, 0.3) is 22.2 Å². The Labute approximate surface area is 145 Å². The smallest absolute Gasteiger partial charge is 0.193 e. The molecule has 2 heterocycles. The fourth-order valence-electron chi connectivity index (χ4n) is 2.89. The van der Waals surface area contributed by atoms with Crippen LogP contribution < -0.4 is 0 Å². The second-order valence-electron chi connectivity index (χ2n) is 5.83. The van der Waals surface area contributed by atoms with E-state index in [9.17, 15) is 0 Å². The molecule has 1 unspecified atom stereocenters. The summed E-state index contributed by atoms with van der Waals surface area (Å²) in [5.41, 5.74) is 4.10. The van der Waals surface area contributed by atoms with Crippen LogP contribution in [-0.4, -0.2) is 22.4 Å². The van der Waals surface area contributed by atoms with Gasteiger partial charge in [-0.1, -0.05) is 60.3 Å². The molecule has 2 aromatic carbocycles. The van der Waals surface area contributed by atoms with E-state index in [0.29, 0.717) is 0 Å². The van der Waals surface area contributed by atoms with Gasteiger partial charge in [0.1, 0.15) is 5.69 Å². The van der Waals surface area contributed by atoms with Crippen LogP contribution >= 0.6 is 11.8 Å². The van der Waals surface area contributed by atoms with E-state index in [2.05, 4.69) is 57.5 Å². The second-order valence-corrected chi connectivity index (χ2v) is 7.13. The molecule has 120 valence electrons. The molecule has 24 heavy (non-hydrogen) atoms. The van der Waals surface area contributed by atoms with Crippen molar-refractivity contribution < 1.29 is 0 Å². The molecule has 4 nitrogen and oxygen atoms in total. The molecule has 0 aliphatic carbocycles. The number of hydrogen-bond donors (Lipinski definition) is 1. The highest BCUT2D eigenvalue weighted by Crippen LogP contribution is 2.39. The lowest BCUT2D eigenvalue weighted by Gasteiger charge is -2.13. The Kier molecular flexibility index (Phi) is 3.86. The molecule has 4 rings (SSSR count). The van der Waals surface area contributed by atoms with Gasteiger partial charge < -0.3 is 9.88 Å². The number of fused-ring (bicyclic) bond motifs is 1. The summed E-state index contributed by atoms with van der Waals surface area (Å²) in [4.78, 5) is 6.83. The van der Waals surface area contributed by atoms with Crippen LogP contribution in [0.2, 0.25) is 0 Å². The second kappa shape index (κ2) is 6.17. The Hall–Kier alpha value is -2.53. The predicted molar refractivity (Wildman–Crippen MR) is 101 cm³/mol. The normalized spacial score (nSPS) is 17.8. The van der Waals surface area contributed by atoms with Gasteiger partial charge in [-0.15, -0.1) is 0 Å². The lowest BCUT2D eigenvalue weighted by atomic mass is 10.1. The number of azo groups is 1. The van der Waals surface area contributed by atoms with Gasteiger partial charge in [-0.25, -0.2) is 0 Å². The highest BCUT2D eigenvalue weighted by Gasteiger charge is 2.20. The minimum atomic E-state index is 0.00212. The van der Waals surface area contributed by atoms with Crippen molar-refractivity contribution in [2.24, 2.45) is 10.2 Å². The van der Waals surface area contributed by atoms with Gasteiger partial charge in [0.25, 0.3) is 0 Å². The summed E-state index contributed by atoms with van der Waals surface area (Å²) in [5, 5.41) is 10.3. The molecule has 0 spiro atoms. The largest absolute Gasteiger partial charge is 0.353 e. The highest BCUT2D eigenvalue weighted by atomic mass is 32.2. The van der Waals surface area contributed by atoms with Crippen LogP contribution in [-0.2, 0) is 0 Å². The van der Waals surface area contributed by atoms with Crippen molar-refractivity contribution in [1.82, 2.24) is 9.88 Å². The lowest BCUT2D eigenvalue weighted by molar-refractivity contribution is 0.436. The summed E-state index contributed by atoms with van der Waals surface area (Å²) >= 11 is 1.72. The number of para-hydroxylation sites is 1. The maximum absolute atomic E-state index is 4.64. The predicted octanol–water partition coefficient (Wildman–Crippen LogP) is 5.74. The summed E-state index contributed by atoms with van der Waals surface area (Å²) in [6.45, 7) is 2.10. The van der Waals surface area contributed by atoms with E-state index in [1.165, 1.54) is 4.91 Å². The molecule has 0 radical (unpaired) electrons. The highest BCUT2D eigenvalue weighted by molar-refractivity contribution is 8.03. The third-order valence-corrected chi connectivity index (χ3v) is 5.14. The Balaban J connectivity index is 1.79. The zero-order chi connectivity index (χ0) is 16.5. The van der Waals surface area contributed by atoms with E-state index in [4.69, 9.17) is 0 Å². The van der Waals surface area contributed by atoms with E-state index in [1.807, 2.05) is 37.4 Å². The summed E-state index contributed by atoms with van der Waals surface area (Å²) < 4.78 is 0. The monoisotopic (exact) mass is 334 g/mol. The van der Waals surface area contributed by atoms with Crippen molar-refractivity contribution in [2.45, 2.75) is 12.4 Å². The maximum atomic E-state index is 4.64. The number of rotatable bonds is 3. The molecular weight excluding hydrogens is 316 g/mol. The molecule has 1 N–H and O–H groups in total. The molecule has 1 aliphatic heterocycles. The van der Waals surface area contributed by atoms with E-state index in [-0.39, 0.29) is 5.50 Å². The molecule has 0 saturated heterocycles. The Morgan fingerprint density at radius 1 is 1.04 bits per heavy atom. The van der Waals surface area contributed by atoms with Crippen molar-refractivity contribution in [3.63, 3.8) is 0 Å². The van der Waals surface area contributed by atoms with Crippen molar-refractivity contribution >= 4 is 28.4 Å².